The molecule has 0 aliphatic carbocycles. The molecule has 2 aromatic carbocycles. The summed E-state index contributed by atoms with van der Waals surface area (Å²) < 4.78 is 5.21. The van der Waals surface area contributed by atoms with Crippen molar-refractivity contribution >= 4 is 17.6 Å². The minimum Gasteiger partial charge on any atom is -0.461 e. The number of esters is 1. The molecule has 0 aliphatic rings. The van der Waals surface area contributed by atoms with Crippen molar-refractivity contribution in [3.8, 4) is 6.07 Å². The minimum atomic E-state index is -0.370. The third-order valence-electron chi connectivity index (χ3n) is 3.15. The zero-order valence-electron chi connectivity index (χ0n) is 12.7. The number of anilines is 1. The van der Waals surface area contributed by atoms with Gasteiger partial charge in [-0.3, -0.25) is 9.59 Å². The maximum atomic E-state index is 11.9. The van der Waals surface area contributed by atoms with E-state index in [0.717, 1.165) is 5.56 Å². The van der Waals surface area contributed by atoms with Gasteiger partial charge < -0.3 is 10.1 Å². The zero-order valence-corrected chi connectivity index (χ0v) is 12.7. The van der Waals surface area contributed by atoms with Crippen molar-refractivity contribution in [2.45, 2.75) is 20.0 Å². The molecule has 2 aromatic rings. The number of hydrogen-bond acceptors (Lipinski definition) is 4. The van der Waals surface area contributed by atoms with E-state index in [2.05, 4.69) is 11.4 Å². The van der Waals surface area contributed by atoms with Crippen LogP contribution in [0, 0.1) is 11.3 Å². The summed E-state index contributed by atoms with van der Waals surface area (Å²) in [5.41, 5.74) is 2.65. The Bertz CT molecular complexity index is 746. The molecule has 5 nitrogen and oxygen atoms in total. The second-order valence-electron chi connectivity index (χ2n) is 4.98. The van der Waals surface area contributed by atoms with E-state index >= 15 is 0 Å². The van der Waals surface area contributed by atoms with Gasteiger partial charge in [-0.2, -0.15) is 5.26 Å². The SMILES string of the molecule is CC(=O)Nc1ccc(CC(=O)OCc2ccccc2C#N)cc1. The van der Waals surface area contributed by atoms with Crippen molar-refractivity contribution < 1.29 is 14.3 Å². The number of carbonyl (C=O) groups is 2. The molecule has 1 N–H and O–H groups in total. The number of nitrogens with one attached hydrogen (secondary N) is 1. The molecule has 0 bridgehead atoms. The molecule has 0 heterocycles. The summed E-state index contributed by atoms with van der Waals surface area (Å²) in [5.74, 6) is -0.515. The lowest BCUT2D eigenvalue weighted by atomic mass is 10.1. The fourth-order valence-electron chi connectivity index (χ4n) is 2.04. The Morgan fingerprint density at radius 2 is 1.83 bits per heavy atom. The van der Waals surface area contributed by atoms with Gasteiger partial charge in [0.1, 0.15) is 6.61 Å². The molecule has 0 unspecified atom stereocenters. The predicted octanol–water partition coefficient (Wildman–Crippen LogP) is 2.80. The van der Waals surface area contributed by atoms with Gasteiger partial charge in [0.25, 0.3) is 0 Å². The van der Waals surface area contributed by atoms with Crippen LogP contribution in [0.3, 0.4) is 0 Å². The summed E-state index contributed by atoms with van der Waals surface area (Å²) in [4.78, 5) is 22.8. The van der Waals surface area contributed by atoms with Crippen molar-refractivity contribution in [1.82, 2.24) is 0 Å². The Balaban J connectivity index is 1.90. The van der Waals surface area contributed by atoms with E-state index in [9.17, 15) is 9.59 Å². The molecule has 0 aliphatic heterocycles. The van der Waals surface area contributed by atoms with Crippen molar-refractivity contribution in [2.24, 2.45) is 0 Å². The molecule has 23 heavy (non-hydrogen) atoms. The predicted molar refractivity (Wildman–Crippen MR) is 85.4 cm³/mol. The van der Waals surface area contributed by atoms with Gasteiger partial charge >= 0.3 is 5.97 Å². The summed E-state index contributed by atoms with van der Waals surface area (Å²) in [6.07, 6.45) is 0.134. The summed E-state index contributed by atoms with van der Waals surface area (Å²) in [6.45, 7) is 1.51. The molecule has 2 rings (SSSR count). The van der Waals surface area contributed by atoms with Crippen molar-refractivity contribution in [3.05, 3.63) is 65.2 Å². The first-order valence-electron chi connectivity index (χ1n) is 7.08. The molecular formula is C18H16N2O3. The fraction of sp³-hybridized carbons (Fsp3) is 0.167. The smallest absolute Gasteiger partial charge is 0.310 e. The average Bonchev–Trinajstić information content (AvgIpc) is 2.54. The van der Waals surface area contributed by atoms with Crippen molar-refractivity contribution in [3.63, 3.8) is 0 Å². The van der Waals surface area contributed by atoms with Crippen molar-refractivity contribution in [2.75, 3.05) is 5.32 Å². The molecule has 116 valence electrons. The van der Waals surface area contributed by atoms with Gasteiger partial charge in [-0.05, 0) is 23.8 Å². The molecule has 0 atom stereocenters. The first-order valence-corrected chi connectivity index (χ1v) is 7.08. The van der Waals surface area contributed by atoms with Crippen LogP contribution in [0.5, 0.6) is 0 Å². The molecule has 0 saturated heterocycles. The van der Waals surface area contributed by atoms with E-state index in [-0.39, 0.29) is 24.9 Å². The molecule has 0 spiro atoms. The Hall–Kier alpha value is -3.13. The lowest BCUT2D eigenvalue weighted by molar-refractivity contribution is -0.144. The van der Waals surface area contributed by atoms with Crippen LogP contribution < -0.4 is 5.32 Å². The second kappa shape index (κ2) is 7.76. The maximum Gasteiger partial charge on any atom is 0.310 e. The zero-order chi connectivity index (χ0) is 16.7. The first kappa shape index (κ1) is 16.2. The Morgan fingerprint density at radius 1 is 1.13 bits per heavy atom. The molecule has 0 radical (unpaired) electrons. The number of rotatable bonds is 5. The third-order valence-corrected chi connectivity index (χ3v) is 3.15. The monoisotopic (exact) mass is 308 g/mol. The van der Waals surface area contributed by atoms with Crippen LogP contribution in [0.2, 0.25) is 0 Å². The van der Waals surface area contributed by atoms with Crippen LogP contribution in [0.25, 0.3) is 0 Å². The average molecular weight is 308 g/mol. The first-order chi connectivity index (χ1) is 11.1. The highest BCUT2D eigenvalue weighted by atomic mass is 16.5. The highest BCUT2D eigenvalue weighted by Crippen LogP contribution is 2.12. The van der Waals surface area contributed by atoms with Gasteiger partial charge in [0.15, 0.2) is 0 Å². The van der Waals surface area contributed by atoms with Gasteiger partial charge in [0, 0.05) is 18.2 Å². The maximum absolute atomic E-state index is 11.9. The van der Waals surface area contributed by atoms with Gasteiger partial charge in [0.2, 0.25) is 5.91 Å². The normalized spacial score (nSPS) is 9.74. The molecule has 0 saturated carbocycles. The van der Waals surface area contributed by atoms with E-state index in [1.165, 1.54) is 6.92 Å². The third kappa shape index (κ3) is 4.97. The minimum absolute atomic E-state index is 0.0759. The fourth-order valence-corrected chi connectivity index (χ4v) is 2.04. The largest absolute Gasteiger partial charge is 0.461 e. The van der Waals surface area contributed by atoms with Crippen LogP contribution in [0.15, 0.2) is 48.5 Å². The Morgan fingerprint density at radius 3 is 2.48 bits per heavy atom. The standard InChI is InChI=1S/C18H16N2O3/c1-13(21)20-17-8-6-14(7-9-17)10-18(22)23-12-16-5-3-2-4-15(16)11-19/h2-9H,10,12H2,1H3,(H,20,21). The number of ether oxygens (including phenoxy) is 1. The Labute approximate surface area is 134 Å². The second-order valence-corrected chi connectivity index (χ2v) is 4.98. The summed E-state index contributed by atoms with van der Waals surface area (Å²) in [7, 11) is 0. The number of benzene rings is 2. The highest BCUT2D eigenvalue weighted by Gasteiger charge is 2.08. The summed E-state index contributed by atoms with van der Waals surface area (Å²) >= 11 is 0. The number of carbonyl (C=O) groups excluding carboxylic acids is 2. The van der Waals surface area contributed by atoms with E-state index in [0.29, 0.717) is 16.8 Å². The summed E-state index contributed by atoms with van der Waals surface area (Å²) in [6, 6.07) is 16.0. The van der Waals surface area contributed by atoms with Crippen molar-refractivity contribution in [1.29, 1.82) is 5.26 Å². The van der Waals surface area contributed by atoms with Gasteiger partial charge in [-0.15, -0.1) is 0 Å². The van der Waals surface area contributed by atoms with E-state index in [1.807, 2.05) is 0 Å². The molecular weight excluding hydrogens is 292 g/mol. The quantitative estimate of drug-likeness (QED) is 0.861. The summed E-state index contributed by atoms with van der Waals surface area (Å²) in [5, 5.41) is 11.6. The molecule has 0 aromatic heterocycles. The van der Waals surface area contributed by atoms with Crippen LogP contribution in [0.4, 0.5) is 5.69 Å². The highest BCUT2D eigenvalue weighted by molar-refractivity contribution is 5.88. The molecule has 0 fully saturated rings. The number of amides is 1. The molecule has 5 heteroatoms. The van der Waals surface area contributed by atoms with E-state index in [4.69, 9.17) is 10.00 Å². The topological polar surface area (TPSA) is 79.2 Å². The van der Waals surface area contributed by atoms with Crippen LogP contribution in [-0.4, -0.2) is 11.9 Å². The van der Waals surface area contributed by atoms with E-state index < -0.39 is 0 Å². The molecule has 1 amide bonds. The number of nitrogens with zero attached hydrogens (tertiary/aromatic N) is 1. The number of nitriles is 1. The van der Waals surface area contributed by atoms with Gasteiger partial charge in [0.05, 0.1) is 18.1 Å². The van der Waals surface area contributed by atoms with E-state index in [1.54, 1.807) is 48.5 Å². The Kier molecular flexibility index (Phi) is 5.48. The van der Waals surface area contributed by atoms with Gasteiger partial charge in [-0.1, -0.05) is 30.3 Å². The van der Waals surface area contributed by atoms with Crippen LogP contribution >= 0.6 is 0 Å². The number of hydrogen-bond donors (Lipinski definition) is 1. The van der Waals surface area contributed by atoms with Gasteiger partial charge in [-0.25, -0.2) is 0 Å². The lowest BCUT2D eigenvalue weighted by Crippen LogP contribution is -2.09. The van der Waals surface area contributed by atoms with Crippen LogP contribution in [-0.2, 0) is 27.4 Å². The van der Waals surface area contributed by atoms with Crippen LogP contribution in [0.1, 0.15) is 23.6 Å². The lowest BCUT2D eigenvalue weighted by Gasteiger charge is -2.07.